The van der Waals surface area contributed by atoms with Crippen molar-refractivity contribution in [1.29, 1.82) is 0 Å². The molecule has 1 aromatic heterocycles. The Labute approximate surface area is 105 Å². The van der Waals surface area contributed by atoms with Crippen molar-refractivity contribution in [3.8, 4) is 0 Å². The number of hydrogen-bond donors (Lipinski definition) is 2. The molecule has 1 aliphatic rings. The van der Waals surface area contributed by atoms with Gasteiger partial charge in [-0.3, -0.25) is 4.79 Å². The van der Waals surface area contributed by atoms with E-state index in [-0.39, 0.29) is 23.3 Å². The lowest BCUT2D eigenvalue weighted by Gasteiger charge is -2.18. The fraction of sp³-hybridized carbons (Fsp3) is 0.538. The quantitative estimate of drug-likeness (QED) is 0.862. The molecule has 2 N–H and O–H groups in total. The second-order valence-electron chi connectivity index (χ2n) is 5.00. The highest BCUT2D eigenvalue weighted by Crippen LogP contribution is 2.31. The Morgan fingerprint density at radius 3 is 2.61 bits per heavy atom. The first-order valence-corrected chi connectivity index (χ1v) is 6.11. The van der Waals surface area contributed by atoms with E-state index in [9.17, 15) is 9.59 Å². The Kier molecular flexibility index (Phi) is 3.41. The maximum Gasteiger partial charge on any atom is 0.338 e. The number of carboxylic acids is 1. The van der Waals surface area contributed by atoms with E-state index in [1.54, 1.807) is 0 Å². The van der Waals surface area contributed by atoms with Crippen molar-refractivity contribution in [3.05, 3.63) is 23.7 Å². The normalized spacial score (nSPS) is 27.1. The largest absolute Gasteiger partial charge is 0.478 e. The predicted octanol–water partition coefficient (Wildman–Crippen LogP) is 2.14. The number of nitrogens with one attached hydrogen (secondary N) is 1. The van der Waals surface area contributed by atoms with Crippen LogP contribution in [0.25, 0.3) is 0 Å². The summed E-state index contributed by atoms with van der Waals surface area (Å²) in [5.74, 6) is -0.349. The molecule has 5 heteroatoms. The first-order chi connectivity index (χ1) is 8.49. The summed E-state index contributed by atoms with van der Waals surface area (Å²) < 4.78 is 4.97. The number of rotatable bonds is 3. The van der Waals surface area contributed by atoms with Gasteiger partial charge in [0.1, 0.15) is 6.26 Å². The smallest absolute Gasteiger partial charge is 0.338 e. The average molecular weight is 251 g/mol. The van der Waals surface area contributed by atoms with Crippen LogP contribution in [0.3, 0.4) is 0 Å². The lowest BCUT2D eigenvalue weighted by Crippen LogP contribution is -2.37. The third-order valence-electron chi connectivity index (χ3n) is 3.85. The highest BCUT2D eigenvalue weighted by Gasteiger charge is 2.31. The molecule has 1 heterocycles. The van der Waals surface area contributed by atoms with Crippen LogP contribution in [0.2, 0.25) is 0 Å². The number of aromatic carboxylic acids is 1. The van der Waals surface area contributed by atoms with Crippen molar-refractivity contribution in [3.63, 3.8) is 0 Å². The summed E-state index contributed by atoms with van der Waals surface area (Å²) in [7, 11) is 0. The molecular weight excluding hydrogens is 234 g/mol. The van der Waals surface area contributed by atoms with Crippen LogP contribution in [0.5, 0.6) is 0 Å². The van der Waals surface area contributed by atoms with Crippen LogP contribution in [0, 0.1) is 11.8 Å². The van der Waals surface area contributed by atoms with E-state index in [0.29, 0.717) is 11.8 Å². The van der Waals surface area contributed by atoms with Crippen LogP contribution in [0.15, 0.2) is 16.7 Å². The molecular formula is C13H17NO4. The van der Waals surface area contributed by atoms with Gasteiger partial charge in [0, 0.05) is 12.1 Å². The molecule has 0 aromatic carbocycles. The minimum absolute atomic E-state index is 0.00649. The summed E-state index contributed by atoms with van der Waals surface area (Å²) >= 11 is 0. The van der Waals surface area contributed by atoms with Gasteiger partial charge in [0.2, 0.25) is 0 Å². The molecule has 1 aliphatic carbocycles. The van der Waals surface area contributed by atoms with Crippen LogP contribution in [0.4, 0.5) is 0 Å². The Morgan fingerprint density at radius 2 is 2.11 bits per heavy atom. The Balaban J connectivity index is 2.01. The minimum atomic E-state index is -1.10. The first-order valence-electron chi connectivity index (χ1n) is 6.11. The Bertz CT molecular complexity index is 465. The van der Waals surface area contributed by atoms with E-state index in [4.69, 9.17) is 9.52 Å². The average Bonchev–Trinajstić information content (AvgIpc) is 2.91. The molecule has 3 unspecified atom stereocenters. The topological polar surface area (TPSA) is 79.5 Å². The summed E-state index contributed by atoms with van der Waals surface area (Å²) in [4.78, 5) is 22.6. The zero-order valence-electron chi connectivity index (χ0n) is 10.5. The number of carbonyl (C=O) groups is 2. The highest BCUT2D eigenvalue weighted by atomic mass is 16.4. The molecule has 3 atom stereocenters. The summed E-state index contributed by atoms with van der Waals surface area (Å²) in [6.07, 6.45) is 3.14. The SMILES string of the molecule is CC1CCC(NC(=O)c2cc(C(=O)O)co2)C1C. The van der Waals surface area contributed by atoms with E-state index < -0.39 is 5.97 Å². The second kappa shape index (κ2) is 4.84. The molecule has 0 bridgehead atoms. The molecule has 1 saturated carbocycles. The van der Waals surface area contributed by atoms with Gasteiger partial charge in [-0.2, -0.15) is 0 Å². The molecule has 1 fully saturated rings. The molecule has 0 radical (unpaired) electrons. The Morgan fingerprint density at radius 1 is 1.39 bits per heavy atom. The molecule has 5 nitrogen and oxygen atoms in total. The lowest BCUT2D eigenvalue weighted by molar-refractivity contribution is 0.0695. The van der Waals surface area contributed by atoms with E-state index in [1.807, 2.05) is 0 Å². The Hall–Kier alpha value is -1.78. The summed E-state index contributed by atoms with van der Waals surface area (Å²) in [5, 5.41) is 11.7. The number of furan rings is 1. The van der Waals surface area contributed by atoms with Gasteiger partial charge in [-0.15, -0.1) is 0 Å². The summed E-state index contributed by atoms with van der Waals surface area (Å²) in [5.41, 5.74) is -0.00649. The van der Waals surface area contributed by atoms with E-state index in [0.717, 1.165) is 19.1 Å². The van der Waals surface area contributed by atoms with Crippen molar-refractivity contribution in [2.45, 2.75) is 32.7 Å². The maximum absolute atomic E-state index is 11.9. The van der Waals surface area contributed by atoms with Gasteiger partial charge in [-0.1, -0.05) is 13.8 Å². The van der Waals surface area contributed by atoms with E-state index in [1.165, 1.54) is 6.07 Å². The number of amides is 1. The molecule has 0 aliphatic heterocycles. The number of carbonyl (C=O) groups excluding carboxylic acids is 1. The molecule has 0 spiro atoms. The van der Waals surface area contributed by atoms with Crippen molar-refractivity contribution in [2.75, 3.05) is 0 Å². The van der Waals surface area contributed by atoms with Gasteiger partial charge in [0.25, 0.3) is 5.91 Å². The highest BCUT2D eigenvalue weighted by molar-refractivity contribution is 5.95. The molecule has 1 amide bonds. The van der Waals surface area contributed by atoms with E-state index in [2.05, 4.69) is 19.2 Å². The van der Waals surface area contributed by atoms with Crippen LogP contribution >= 0.6 is 0 Å². The van der Waals surface area contributed by atoms with Gasteiger partial charge in [-0.05, 0) is 24.7 Å². The molecule has 98 valence electrons. The van der Waals surface area contributed by atoms with Crippen molar-refractivity contribution in [2.24, 2.45) is 11.8 Å². The zero-order chi connectivity index (χ0) is 13.3. The molecule has 1 aromatic rings. The van der Waals surface area contributed by atoms with Crippen LogP contribution in [-0.4, -0.2) is 23.0 Å². The third-order valence-corrected chi connectivity index (χ3v) is 3.85. The first kappa shape index (κ1) is 12.7. The summed E-state index contributed by atoms with van der Waals surface area (Å²) in [6.45, 7) is 4.29. The zero-order valence-corrected chi connectivity index (χ0v) is 10.5. The van der Waals surface area contributed by atoms with Crippen molar-refractivity contribution in [1.82, 2.24) is 5.32 Å². The van der Waals surface area contributed by atoms with Gasteiger partial charge < -0.3 is 14.8 Å². The fourth-order valence-corrected chi connectivity index (χ4v) is 2.38. The van der Waals surface area contributed by atoms with Crippen LogP contribution in [-0.2, 0) is 0 Å². The predicted molar refractivity (Wildman–Crippen MR) is 64.5 cm³/mol. The monoisotopic (exact) mass is 251 g/mol. The standard InChI is InChI=1S/C13H17NO4/c1-7-3-4-10(8(7)2)14-12(15)11-5-9(6-18-11)13(16)17/h5-8,10H,3-4H2,1-2H3,(H,14,15)(H,16,17). The fourth-order valence-electron chi connectivity index (χ4n) is 2.38. The lowest BCUT2D eigenvalue weighted by atomic mass is 9.98. The van der Waals surface area contributed by atoms with Gasteiger partial charge in [0.05, 0.1) is 5.56 Å². The van der Waals surface area contributed by atoms with Gasteiger partial charge >= 0.3 is 5.97 Å². The van der Waals surface area contributed by atoms with Gasteiger partial charge in [-0.25, -0.2) is 4.79 Å². The maximum atomic E-state index is 11.9. The number of hydrogen-bond acceptors (Lipinski definition) is 3. The van der Waals surface area contributed by atoms with Crippen LogP contribution < -0.4 is 5.32 Å². The van der Waals surface area contributed by atoms with Crippen LogP contribution in [0.1, 0.15) is 47.6 Å². The van der Waals surface area contributed by atoms with Crippen molar-refractivity contribution >= 4 is 11.9 Å². The minimum Gasteiger partial charge on any atom is -0.478 e. The van der Waals surface area contributed by atoms with Gasteiger partial charge in [0.15, 0.2) is 5.76 Å². The molecule has 0 saturated heterocycles. The van der Waals surface area contributed by atoms with E-state index >= 15 is 0 Å². The summed E-state index contributed by atoms with van der Waals surface area (Å²) in [6, 6.07) is 1.40. The third kappa shape index (κ3) is 2.39. The second-order valence-corrected chi connectivity index (χ2v) is 5.00. The van der Waals surface area contributed by atoms with Crippen molar-refractivity contribution < 1.29 is 19.1 Å². The molecule has 2 rings (SSSR count). The molecule has 18 heavy (non-hydrogen) atoms. The number of carboxylic acid groups (broad SMARTS) is 1.